The molecular formula is C14H16N4O4. The predicted octanol–water partition coefficient (Wildman–Crippen LogP) is 2.08. The minimum Gasteiger partial charge on any atom is -0.508 e. The van der Waals surface area contributed by atoms with Crippen molar-refractivity contribution in [3.05, 3.63) is 46.1 Å². The van der Waals surface area contributed by atoms with Gasteiger partial charge < -0.3 is 20.5 Å². The lowest BCUT2D eigenvalue weighted by Crippen LogP contribution is -2.25. The number of nitro groups is 1. The number of amides is 1. The van der Waals surface area contributed by atoms with E-state index in [0.29, 0.717) is 11.4 Å². The number of benzene rings is 1. The summed E-state index contributed by atoms with van der Waals surface area (Å²) in [7, 11) is 0. The molecule has 0 spiro atoms. The number of carbonyl (C=O) groups excluding carboxylic acids is 1. The zero-order chi connectivity index (χ0) is 16.3. The number of hydrogen-bond acceptors (Lipinski definition) is 5. The van der Waals surface area contributed by atoms with Gasteiger partial charge in [0.05, 0.1) is 29.3 Å². The van der Waals surface area contributed by atoms with Gasteiger partial charge in [0.1, 0.15) is 5.75 Å². The Morgan fingerprint density at radius 3 is 2.82 bits per heavy atom. The summed E-state index contributed by atoms with van der Waals surface area (Å²) in [5.41, 5.74) is 1.10. The van der Waals surface area contributed by atoms with Crippen molar-refractivity contribution in [2.75, 3.05) is 5.32 Å². The Kier molecular flexibility index (Phi) is 4.40. The number of aromatic hydroxyl groups is 1. The largest absolute Gasteiger partial charge is 0.508 e. The van der Waals surface area contributed by atoms with E-state index in [-0.39, 0.29) is 24.0 Å². The molecule has 1 amide bonds. The number of anilines is 1. The van der Waals surface area contributed by atoms with E-state index in [0.717, 1.165) is 0 Å². The fraction of sp³-hybridized carbons (Fsp3) is 0.286. The molecule has 0 aliphatic heterocycles. The molecule has 1 atom stereocenters. The molecule has 0 aliphatic rings. The Hall–Kier alpha value is -2.90. The van der Waals surface area contributed by atoms with Crippen LogP contribution in [0.2, 0.25) is 0 Å². The van der Waals surface area contributed by atoms with Gasteiger partial charge in [0, 0.05) is 11.8 Å². The average molecular weight is 304 g/mol. The molecule has 0 aliphatic carbocycles. The number of nitrogens with one attached hydrogen (secondary N) is 1. The van der Waals surface area contributed by atoms with Gasteiger partial charge in [-0.3, -0.25) is 4.79 Å². The third-order valence-electron chi connectivity index (χ3n) is 3.16. The Morgan fingerprint density at radius 1 is 1.50 bits per heavy atom. The number of phenolic OH excluding ortho intramolecular Hbond substituents is 1. The fourth-order valence-electron chi connectivity index (χ4n) is 1.96. The van der Waals surface area contributed by atoms with Gasteiger partial charge in [0.25, 0.3) is 0 Å². The summed E-state index contributed by atoms with van der Waals surface area (Å²) in [6.07, 6.45) is 0. The molecule has 0 fully saturated rings. The summed E-state index contributed by atoms with van der Waals surface area (Å²) in [6, 6.07) is 7.59. The van der Waals surface area contributed by atoms with Crippen molar-refractivity contribution in [2.45, 2.75) is 20.4 Å². The molecule has 0 unspecified atom stereocenters. The molecule has 0 saturated carbocycles. The summed E-state index contributed by atoms with van der Waals surface area (Å²) >= 11 is 0. The molecule has 2 N–H and O–H groups in total. The number of carbonyl (C=O) groups is 1. The van der Waals surface area contributed by atoms with Crippen molar-refractivity contribution >= 4 is 17.4 Å². The number of rotatable bonds is 5. The number of aromatic nitrogens is 2. The second kappa shape index (κ2) is 6.25. The van der Waals surface area contributed by atoms with Crippen LogP contribution >= 0.6 is 0 Å². The topological polar surface area (TPSA) is 110 Å². The molecule has 1 heterocycles. The maximum absolute atomic E-state index is 12.1. The predicted molar refractivity (Wildman–Crippen MR) is 79.5 cm³/mol. The minimum atomic E-state index is -0.568. The van der Waals surface area contributed by atoms with Gasteiger partial charge in [0.15, 0.2) is 0 Å². The number of nitrogens with zero attached hydrogens (tertiary/aromatic N) is 3. The standard InChI is InChI=1S/C14H16N4O4/c1-9(8-17-10(2)6-13(16-17)18(21)22)14(20)15-11-4-3-5-12(19)7-11/h3-7,9,19H,8H2,1-2H3,(H,15,20)/t9-/m1/s1. The lowest BCUT2D eigenvalue weighted by atomic mass is 10.1. The first-order valence-electron chi connectivity index (χ1n) is 6.65. The van der Waals surface area contributed by atoms with Gasteiger partial charge in [-0.05, 0) is 24.0 Å². The number of phenols is 1. The number of hydrogen-bond donors (Lipinski definition) is 2. The molecule has 22 heavy (non-hydrogen) atoms. The molecule has 0 radical (unpaired) electrons. The molecule has 0 bridgehead atoms. The van der Waals surface area contributed by atoms with Crippen LogP contribution in [0.15, 0.2) is 30.3 Å². The summed E-state index contributed by atoms with van der Waals surface area (Å²) in [5, 5.41) is 26.6. The molecular weight excluding hydrogens is 288 g/mol. The maximum Gasteiger partial charge on any atom is 0.390 e. The lowest BCUT2D eigenvalue weighted by molar-refractivity contribution is -0.389. The molecule has 2 aromatic rings. The minimum absolute atomic E-state index is 0.0593. The van der Waals surface area contributed by atoms with Crippen molar-refractivity contribution < 1.29 is 14.8 Å². The molecule has 1 aromatic carbocycles. The van der Waals surface area contributed by atoms with E-state index in [1.807, 2.05) is 0 Å². The monoisotopic (exact) mass is 304 g/mol. The Balaban J connectivity index is 2.04. The van der Waals surface area contributed by atoms with Crippen LogP contribution < -0.4 is 5.32 Å². The second-order valence-electron chi connectivity index (χ2n) is 5.02. The smallest absolute Gasteiger partial charge is 0.390 e. The van der Waals surface area contributed by atoms with Crippen LogP contribution in [0.5, 0.6) is 5.75 Å². The van der Waals surface area contributed by atoms with E-state index in [4.69, 9.17) is 0 Å². The van der Waals surface area contributed by atoms with Crippen LogP contribution in [0.1, 0.15) is 12.6 Å². The third-order valence-corrected chi connectivity index (χ3v) is 3.16. The van der Waals surface area contributed by atoms with E-state index in [9.17, 15) is 20.0 Å². The molecule has 8 heteroatoms. The summed E-state index contributed by atoms with van der Waals surface area (Å²) < 4.78 is 1.44. The van der Waals surface area contributed by atoms with Crippen LogP contribution in [0.4, 0.5) is 11.5 Å². The van der Waals surface area contributed by atoms with E-state index >= 15 is 0 Å². The van der Waals surface area contributed by atoms with Crippen LogP contribution in [0, 0.1) is 23.0 Å². The Bertz CT molecular complexity index is 711. The van der Waals surface area contributed by atoms with Crippen LogP contribution in [0.3, 0.4) is 0 Å². The molecule has 8 nitrogen and oxygen atoms in total. The normalized spacial score (nSPS) is 11.9. The van der Waals surface area contributed by atoms with Crippen molar-refractivity contribution in [3.63, 3.8) is 0 Å². The zero-order valence-corrected chi connectivity index (χ0v) is 12.2. The molecule has 1 aromatic heterocycles. The van der Waals surface area contributed by atoms with Gasteiger partial charge in [-0.1, -0.05) is 13.0 Å². The second-order valence-corrected chi connectivity index (χ2v) is 5.02. The highest BCUT2D eigenvalue weighted by atomic mass is 16.6. The van der Waals surface area contributed by atoms with Crippen molar-refractivity contribution in [1.29, 1.82) is 0 Å². The van der Waals surface area contributed by atoms with E-state index in [2.05, 4.69) is 10.4 Å². The molecule has 2 rings (SSSR count). The molecule has 116 valence electrons. The van der Waals surface area contributed by atoms with Gasteiger partial charge in [0.2, 0.25) is 5.91 Å². The van der Waals surface area contributed by atoms with Crippen molar-refractivity contribution in [2.24, 2.45) is 5.92 Å². The van der Waals surface area contributed by atoms with E-state index in [1.54, 1.807) is 26.0 Å². The van der Waals surface area contributed by atoms with Gasteiger partial charge >= 0.3 is 5.82 Å². The van der Waals surface area contributed by atoms with Crippen molar-refractivity contribution in [3.8, 4) is 5.75 Å². The average Bonchev–Trinajstić information content (AvgIpc) is 2.80. The maximum atomic E-state index is 12.1. The van der Waals surface area contributed by atoms with Crippen LogP contribution in [-0.4, -0.2) is 25.7 Å². The highest BCUT2D eigenvalue weighted by Crippen LogP contribution is 2.17. The van der Waals surface area contributed by atoms with E-state index in [1.165, 1.54) is 22.9 Å². The first-order valence-corrected chi connectivity index (χ1v) is 6.65. The fourth-order valence-corrected chi connectivity index (χ4v) is 1.96. The third kappa shape index (κ3) is 3.60. The van der Waals surface area contributed by atoms with Gasteiger partial charge in [-0.15, -0.1) is 0 Å². The Labute approximate surface area is 126 Å². The zero-order valence-electron chi connectivity index (χ0n) is 12.2. The first kappa shape index (κ1) is 15.5. The highest BCUT2D eigenvalue weighted by Gasteiger charge is 2.20. The quantitative estimate of drug-likeness (QED) is 0.649. The van der Waals surface area contributed by atoms with Crippen LogP contribution in [0.25, 0.3) is 0 Å². The summed E-state index contributed by atoms with van der Waals surface area (Å²) in [4.78, 5) is 22.2. The highest BCUT2D eigenvalue weighted by molar-refractivity contribution is 5.92. The SMILES string of the molecule is Cc1cc([N+](=O)[O-])nn1C[C@@H](C)C(=O)Nc1cccc(O)c1. The lowest BCUT2D eigenvalue weighted by Gasteiger charge is -2.11. The van der Waals surface area contributed by atoms with Gasteiger partial charge in [-0.2, -0.15) is 4.68 Å². The summed E-state index contributed by atoms with van der Waals surface area (Å²) in [6.45, 7) is 3.62. The molecule has 0 saturated heterocycles. The number of aryl methyl sites for hydroxylation is 1. The Morgan fingerprint density at radius 2 is 2.23 bits per heavy atom. The summed E-state index contributed by atoms with van der Waals surface area (Å²) in [5.74, 6) is -0.884. The van der Waals surface area contributed by atoms with Crippen LogP contribution in [-0.2, 0) is 11.3 Å². The van der Waals surface area contributed by atoms with Gasteiger partial charge in [-0.25, -0.2) is 0 Å². The first-order chi connectivity index (χ1) is 10.4. The van der Waals surface area contributed by atoms with E-state index < -0.39 is 10.8 Å². The van der Waals surface area contributed by atoms with Crippen molar-refractivity contribution in [1.82, 2.24) is 9.78 Å².